The highest BCUT2D eigenvalue weighted by molar-refractivity contribution is 9.10. The van der Waals surface area contributed by atoms with Crippen LogP contribution in [0.3, 0.4) is 0 Å². The van der Waals surface area contributed by atoms with Crippen molar-refractivity contribution in [3.05, 3.63) is 92.9 Å². The Hall–Kier alpha value is -3.16. The molecular formula is C27H24BrFN2O3. The number of ketones is 1. The van der Waals surface area contributed by atoms with Crippen LogP contribution in [0.5, 0.6) is 11.5 Å². The van der Waals surface area contributed by atoms with E-state index in [1.807, 2.05) is 31.2 Å². The molecule has 0 atom stereocenters. The fourth-order valence-corrected chi connectivity index (χ4v) is 4.91. The van der Waals surface area contributed by atoms with Gasteiger partial charge in [0, 0.05) is 42.9 Å². The van der Waals surface area contributed by atoms with E-state index in [1.165, 1.54) is 12.1 Å². The number of fused-ring (bicyclic) bond motifs is 1. The minimum Gasteiger partial charge on any atom is -0.507 e. The summed E-state index contributed by atoms with van der Waals surface area (Å²) in [5.74, 6) is 0.409. The third kappa shape index (κ3) is 4.33. The fourth-order valence-electron chi connectivity index (χ4n) is 4.51. The Bertz CT molecular complexity index is 1280. The SMILES string of the molecule is Cc1cc(O)c(CN2CCN(c3ccc(F)cc3)CC2)c2c1C(=O)/C(=C/c1ccccc1Br)O2. The maximum atomic E-state index is 13.2. The van der Waals surface area contributed by atoms with Crippen LogP contribution >= 0.6 is 15.9 Å². The van der Waals surface area contributed by atoms with E-state index in [0.29, 0.717) is 29.0 Å². The van der Waals surface area contributed by atoms with Crippen LogP contribution in [0.4, 0.5) is 10.1 Å². The summed E-state index contributed by atoms with van der Waals surface area (Å²) in [6.07, 6.45) is 1.73. The monoisotopic (exact) mass is 522 g/mol. The van der Waals surface area contributed by atoms with Gasteiger partial charge in [-0.1, -0.05) is 34.1 Å². The van der Waals surface area contributed by atoms with Crippen LogP contribution in [0.1, 0.15) is 27.0 Å². The van der Waals surface area contributed by atoms with Crippen molar-refractivity contribution in [3.8, 4) is 11.5 Å². The van der Waals surface area contributed by atoms with Gasteiger partial charge in [0.2, 0.25) is 5.78 Å². The third-order valence-electron chi connectivity index (χ3n) is 6.36. The molecule has 0 amide bonds. The second-order valence-electron chi connectivity index (χ2n) is 8.60. The first kappa shape index (κ1) is 22.6. The Kier molecular flexibility index (Phi) is 6.15. The number of ether oxygens (including phenoxy) is 1. The van der Waals surface area contributed by atoms with Crippen molar-refractivity contribution in [1.82, 2.24) is 4.90 Å². The van der Waals surface area contributed by atoms with E-state index in [2.05, 4.69) is 25.7 Å². The maximum Gasteiger partial charge on any atom is 0.232 e. The average Bonchev–Trinajstić information content (AvgIpc) is 3.15. The molecule has 1 N–H and O–H groups in total. The molecule has 2 aliphatic heterocycles. The summed E-state index contributed by atoms with van der Waals surface area (Å²) in [5, 5.41) is 10.8. The van der Waals surface area contributed by atoms with Gasteiger partial charge in [0.25, 0.3) is 0 Å². The minimum atomic E-state index is -0.242. The summed E-state index contributed by atoms with van der Waals surface area (Å²) in [4.78, 5) is 17.6. The largest absolute Gasteiger partial charge is 0.507 e. The molecule has 0 unspecified atom stereocenters. The molecule has 2 heterocycles. The number of hydrogen-bond acceptors (Lipinski definition) is 5. The van der Waals surface area contributed by atoms with Gasteiger partial charge in [0.15, 0.2) is 5.76 Å². The summed E-state index contributed by atoms with van der Waals surface area (Å²) < 4.78 is 20.2. The number of aromatic hydroxyl groups is 1. The quantitative estimate of drug-likeness (QED) is 0.456. The smallest absolute Gasteiger partial charge is 0.232 e. The summed E-state index contributed by atoms with van der Waals surface area (Å²) in [5.41, 5.74) is 3.67. The zero-order chi connectivity index (χ0) is 23.8. The average molecular weight is 523 g/mol. The highest BCUT2D eigenvalue weighted by atomic mass is 79.9. The number of Topliss-reactive ketones (excluding diaryl/α,β-unsaturated/α-hetero) is 1. The van der Waals surface area contributed by atoms with E-state index in [1.54, 1.807) is 24.3 Å². The molecule has 3 aromatic rings. The van der Waals surface area contributed by atoms with Gasteiger partial charge in [-0.3, -0.25) is 9.69 Å². The molecule has 1 saturated heterocycles. The molecule has 2 aliphatic rings. The lowest BCUT2D eigenvalue weighted by atomic mass is 9.99. The first-order valence-electron chi connectivity index (χ1n) is 11.2. The Morgan fingerprint density at radius 3 is 2.50 bits per heavy atom. The molecule has 7 heteroatoms. The number of nitrogens with zero attached hydrogens (tertiary/aromatic N) is 2. The second-order valence-corrected chi connectivity index (χ2v) is 9.45. The Labute approximate surface area is 206 Å². The number of rotatable bonds is 4. The van der Waals surface area contributed by atoms with E-state index in [-0.39, 0.29) is 23.1 Å². The van der Waals surface area contributed by atoms with Crippen molar-refractivity contribution < 1.29 is 19.0 Å². The van der Waals surface area contributed by atoms with Crippen molar-refractivity contribution >= 4 is 33.5 Å². The van der Waals surface area contributed by atoms with Crippen LogP contribution in [0, 0.1) is 12.7 Å². The summed E-state index contributed by atoms with van der Waals surface area (Å²) in [6.45, 7) is 5.40. The Morgan fingerprint density at radius 1 is 1.09 bits per heavy atom. The van der Waals surface area contributed by atoms with E-state index in [9.17, 15) is 14.3 Å². The molecule has 34 heavy (non-hydrogen) atoms. The zero-order valence-corrected chi connectivity index (χ0v) is 20.3. The first-order chi connectivity index (χ1) is 16.4. The van der Waals surface area contributed by atoms with Crippen molar-refractivity contribution in [2.45, 2.75) is 13.5 Å². The molecule has 1 fully saturated rings. The maximum absolute atomic E-state index is 13.2. The second kappa shape index (κ2) is 9.24. The van der Waals surface area contributed by atoms with Gasteiger partial charge in [0.1, 0.15) is 17.3 Å². The topological polar surface area (TPSA) is 53.0 Å². The van der Waals surface area contributed by atoms with Crippen molar-refractivity contribution in [3.63, 3.8) is 0 Å². The van der Waals surface area contributed by atoms with E-state index in [0.717, 1.165) is 41.9 Å². The number of benzene rings is 3. The number of phenolic OH excluding ortho intramolecular Hbond substituents is 1. The zero-order valence-electron chi connectivity index (χ0n) is 18.7. The van der Waals surface area contributed by atoms with Crippen LogP contribution in [0.2, 0.25) is 0 Å². The number of anilines is 1. The molecule has 0 saturated carbocycles. The summed E-state index contributed by atoms with van der Waals surface area (Å²) in [7, 11) is 0. The third-order valence-corrected chi connectivity index (χ3v) is 7.08. The molecule has 0 aliphatic carbocycles. The van der Waals surface area contributed by atoms with Gasteiger partial charge in [-0.15, -0.1) is 0 Å². The lowest BCUT2D eigenvalue weighted by Crippen LogP contribution is -2.46. The summed E-state index contributed by atoms with van der Waals surface area (Å²) in [6, 6.07) is 15.8. The van der Waals surface area contributed by atoms with Crippen LogP contribution < -0.4 is 9.64 Å². The van der Waals surface area contributed by atoms with E-state index < -0.39 is 0 Å². The number of aryl methyl sites for hydroxylation is 1. The van der Waals surface area contributed by atoms with Gasteiger partial charge in [-0.25, -0.2) is 4.39 Å². The predicted octanol–water partition coefficient (Wildman–Crippen LogP) is 5.54. The molecule has 0 radical (unpaired) electrons. The number of hydrogen-bond donors (Lipinski definition) is 1. The molecule has 5 nitrogen and oxygen atoms in total. The number of carbonyl (C=O) groups is 1. The van der Waals surface area contributed by atoms with Gasteiger partial charge >= 0.3 is 0 Å². The number of phenols is 1. The van der Waals surface area contributed by atoms with Crippen LogP contribution in [-0.2, 0) is 6.54 Å². The highest BCUT2D eigenvalue weighted by Gasteiger charge is 2.34. The standard InChI is InChI=1S/C27H24BrFN2O3/c1-17-14-23(32)21(16-30-10-12-31(13-11-30)20-8-6-19(29)7-9-20)27-25(17)26(33)24(34-27)15-18-4-2-3-5-22(18)28/h2-9,14-15,32H,10-13,16H2,1H3/b24-15-. The molecular weight excluding hydrogens is 499 g/mol. The van der Waals surface area contributed by atoms with Crippen molar-refractivity contribution in [1.29, 1.82) is 0 Å². The highest BCUT2D eigenvalue weighted by Crippen LogP contribution is 2.42. The Morgan fingerprint density at radius 2 is 1.79 bits per heavy atom. The van der Waals surface area contributed by atoms with Crippen LogP contribution in [0.25, 0.3) is 6.08 Å². The molecule has 0 bridgehead atoms. The van der Waals surface area contributed by atoms with Gasteiger partial charge in [-0.05, 0) is 60.5 Å². The molecule has 0 aromatic heterocycles. The van der Waals surface area contributed by atoms with Gasteiger partial charge in [0.05, 0.1) is 11.1 Å². The first-order valence-corrected chi connectivity index (χ1v) is 12.0. The molecule has 0 spiro atoms. The number of allylic oxidation sites excluding steroid dienone is 1. The van der Waals surface area contributed by atoms with Crippen molar-refractivity contribution in [2.75, 3.05) is 31.1 Å². The van der Waals surface area contributed by atoms with Crippen molar-refractivity contribution in [2.24, 2.45) is 0 Å². The molecule has 174 valence electrons. The van der Waals surface area contributed by atoms with Gasteiger partial charge < -0.3 is 14.7 Å². The lowest BCUT2D eigenvalue weighted by Gasteiger charge is -2.36. The fraction of sp³-hybridized carbons (Fsp3) is 0.222. The van der Waals surface area contributed by atoms with E-state index in [4.69, 9.17) is 4.74 Å². The molecule has 5 rings (SSSR count). The van der Waals surface area contributed by atoms with Crippen LogP contribution in [0.15, 0.2) is 64.8 Å². The van der Waals surface area contributed by atoms with Gasteiger partial charge in [-0.2, -0.15) is 0 Å². The predicted molar refractivity (Wildman–Crippen MR) is 134 cm³/mol. The molecule has 3 aromatic carbocycles. The number of piperazine rings is 1. The summed E-state index contributed by atoms with van der Waals surface area (Å²) >= 11 is 3.51. The Balaban J connectivity index is 1.36. The van der Waals surface area contributed by atoms with E-state index >= 15 is 0 Å². The lowest BCUT2D eigenvalue weighted by molar-refractivity contribution is 0.101. The van der Waals surface area contributed by atoms with Crippen LogP contribution in [-0.4, -0.2) is 42.0 Å². The number of carbonyl (C=O) groups excluding carboxylic acids is 1. The number of halogens is 2. The normalized spacial score (nSPS) is 17.2. The minimum absolute atomic E-state index is 0.132.